The smallest absolute Gasteiger partial charge is 0.254 e. The summed E-state index contributed by atoms with van der Waals surface area (Å²) >= 11 is 0. The molecular weight excluding hydrogens is 312 g/mol. The summed E-state index contributed by atoms with van der Waals surface area (Å²) in [4.78, 5) is 25.6. The fourth-order valence-corrected chi connectivity index (χ4v) is 4.66. The fraction of sp³-hybridized carbons (Fsp3) is 0.286. The lowest BCUT2D eigenvalue weighted by Gasteiger charge is -2.37. The van der Waals surface area contributed by atoms with Crippen molar-refractivity contribution in [3.05, 3.63) is 60.2 Å². The van der Waals surface area contributed by atoms with Crippen molar-refractivity contribution in [2.24, 2.45) is 28.8 Å². The molecular formula is C21H18N2O2. The molecule has 1 aliphatic heterocycles. The lowest BCUT2D eigenvalue weighted by atomic mass is 9.63. The van der Waals surface area contributed by atoms with Crippen molar-refractivity contribution in [2.75, 3.05) is 0 Å². The van der Waals surface area contributed by atoms with Crippen LogP contribution in [0.2, 0.25) is 0 Å². The van der Waals surface area contributed by atoms with Crippen LogP contribution in [0.4, 0.5) is 0 Å². The highest BCUT2D eigenvalue weighted by molar-refractivity contribution is 6.07. The molecule has 124 valence electrons. The van der Waals surface area contributed by atoms with Crippen molar-refractivity contribution in [3.8, 4) is 0 Å². The Balaban J connectivity index is 1.49. The van der Waals surface area contributed by atoms with E-state index in [1.165, 1.54) is 0 Å². The molecule has 0 radical (unpaired) electrons. The molecule has 4 nitrogen and oxygen atoms in total. The first-order valence-electron chi connectivity index (χ1n) is 8.82. The molecule has 2 bridgehead atoms. The number of imide groups is 1. The summed E-state index contributed by atoms with van der Waals surface area (Å²) in [6.07, 6.45) is 7.89. The Morgan fingerprint density at radius 2 is 1.52 bits per heavy atom. The van der Waals surface area contributed by atoms with Gasteiger partial charge in [0.1, 0.15) is 0 Å². The Morgan fingerprint density at radius 1 is 0.880 bits per heavy atom. The Labute approximate surface area is 145 Å². The Hall–Kier alpha value is -2.75. The fourth-order valence-electron chi connectivity index (χ4n) is 4.66. The Morgan fingerprint density at radius 3 is 2.20 bits per heavy atom. The van der Waals surface area contributed by atoms with E-state index in [9.17, 15) is 9.59 Å². The molecule has 2 aromatic rings. The zero-order valence-electron chi connectivity index (χ0n) is 13.7. The quantitative estimate of drug-likeness (QED) is 0.481. The van der Waals surface area contributed by atoms with Gasteiger partial charge in [-0.05, 0) is 35.4 Å². The van der Waals surface area contributed by atoms with Gasteiger partial charge in [-0.15, -0.1) is 0 Å². The molecule has 6 rings (SSSR count). The van der Waals surface area contributed by atoms with E-state index in [0.717, 1.165) is 34.2 Å². The Bertz CT molecular complexity index is 909. The van der Waals surface area contributed by atoms with Crippen LogP contribution in [0.3, 0.4) is 0 Å². The predicted octanol–water partition coefficient (Wildman–Crippen LogP) is 3.37. The highest BCUT2D eigenvalue weighted by Crippen LogP contribution is 2.49. The number of hydrogen-bond acceptors (Lipinski definition) is 3. The highest BCUT2D eigenvalue weighted by Gasteiger charge is 2.56. The van der Waals surface area contributed by atoms with Gasteiger partial charge in [0.15, 0.2) is 0 Å². The van der Waals surface area contributed by atoms with Crippen molar-refractivity contribution < 1.29 is 9.59 Å². The predicted molar refractivity (Wildman–Crippen MR) is 95.7 cm³/mol. The molecule has 0 N–H and O–H groups in total. The van der Waals surface area contributed by atoms with E-state index in [4.69, 9.17) is 0 Å². The molecule has 0 unspecified atom stereocenters. The van der Waals surface area contributed by atoms with Crippen LogP contribution in [-0.4, -0.2) is 23.0 Å². The largest absolute Gasteiger partial charge is 0.272 e. The van der Waals surface area contributed by atoms with Crippen molar-refractivity contribution in [2.45, 2.75) is 12.8 Å². The topological polar surface area (TPSA) is 49.7 Å². The van der Waals surface area contributed by atoms with Crippen molar-refractivity contribution in [1.82, 2.24) is 5.01 Å². The number of nitrogens with zero attached hydrogens (tertiary/aromatic N) is 2. The minimum Gasteiger partial charge on any atom is -0.272 e. The number of rotatable bonds is 2. The summed E-state index contributed by atoms with van der Waals surface area (Å²) < 4.78 is 0. The van der Waals surface area contributed by atoms with E-state index in [1.807, 2.05) is 42.5 Å². The zero-order valence-corrected chi connectivity index (χ0v) is 13.7. The standard InChI is InChI=1S/C21H18N2O2/c24-20-18-14-8-9-15(11-10-14)19(18)21(25)23(20)22-12-16-6-3-5-13-4-1-2-7-17(13)16/h1-9,12,14-15,18-19H,10-11H2/b22-12-/t14-,15-,18-,19-/m0/s1. The summed E-state index contributed by atoms with van der Waals surface area (Å²) in [5, 5.41) is 7.60. The van der Waals surface area contributed by atoms with E-state index in [0.29, 0.717) is 0 Å². The normalized spacial score (nSPS) is 30.6. The SMILES string of the molecule is O=C1[C@@H]2[C@@H](C(=O)N1/N=C\c1cccc3ccccc13)[C@H]1C=C[C@H]2CC1. The molecule has 0 aromatic heterocycles. The number of fused-ring (bicyclic) bond motifs is 2. The van der Waals surface area contributed by atoms with Gasteiger partial charge >= 0.3 is 0 Å². The molecule has 4 atom stereocenters. The van der Waals surface area contributed by atoms with E-state index in [-0.39, 0.29) is 35.5 Å². The molecule has 25 heavy (non-hydrogen) atoms. The summed E-state index contributed by atoms with van der Waals surface area (Å²) in [5.74, 6) is -0.286. The van der Waals surface area contributed by atoms with E-state index >= 15 is 0 Å². The lowest BCUT2D eigenvalue weighted by molar-refractivity contribution is -0.140. The van der Waals surface area contributed by atoms with Crippen molar-refractivity contribution in [3.63, 3.8) is 0 Å². The number of hydrogen-bond donors (Lipinski definition) is 0. The number of allylic oxidation sites excluding steroid dienone is 2. The summed E-state index contributed by atoms with van der Waals surface area (Å²) in [6, 6.07) is 14.0. The summed E-state index contributed by atoms with van der Waals surface area (Å²) in [6.45, 7) is 0. The number of benzene rings is 2. The minimum absolute atomic E-state index is 0.134. The van der Waals surface area contributed by atoms with Crippen LogP contribution in [0.25, 0.3) is 10.8 Å². The van der Waals surface area contributed by atoms with Crippen LogP contribution in [0, 0.1) is 23.7 Å². The first-order valence-corrected chi connectivity index (χ1v) is 8.82. The second-order valence-electron chi connectivity index (χ2n) is 7.14. The molecule has 4 aliphatic rings. The molecule has 1 saturated carbocycles. The van der Waals surface area contributed by atoms with Crippen LogP contribution in [0.1, 0.15) is 18.4 Å². The highest BCUT2D eigenvalue weighted by atomic mass is 16.2. The van der Waals surface area contributed by atoms with Gasteiger partial charge in [0.2, 0.25) is 0 Å². The van der Waals surface area contributed by atoms with Crippen molar-refractivity contribution in [1.29, 1.82) is 0 Å². The summed E-state index contributed by atoms with van der Waals surface area (Å²) in [5.41, 5.74) is 0.912. The van der Waals surface area contributed by atoms with Gasteiger partial charge < -0.3 is 0 Å². The third kappa shape index (κ3) is 2.10. The van der Waals surface area contributed by atoms with E-state index in [1.54, 1.807) is 6.21 Å². The number of carbonyl (C=O) groups is 2. The molecule has 0 spiro atoms. The average molecular weight is 330 g/mol. The van der Waals surface area contributed by atoms with Gasteiger partial charge in [0, 0.05) is 5.56 Å². The van der Waals surface area contributed by atoms with E-state index in [2.05, 4.69) is 17.3 Å². The number of amides is 2. The van der Waals surface area contributed by atoms with Crippen LogP contribution in [0.5, 0.6) is 0 Å². The molecule has 4 heteroatoms. The number of carbonyl (C=O) groups excluding carboxylic acids is 2. The molecule has 1 saturated heterocycles. The zero-order chi connectivity index (χ0) is 17.0. The third-order valence-electron chi connectivity index (χ3n) is 5.87. The molecule has 2 fully saturated rings. The van der Waals surface area contributed by atoms with Crippen LogP contribution in [-0.2, 0) is 9.59 Å². The van der Waals surface area contributed by atoms with Crippen LogP contribution >= 0.6 is 0 Å². The Kier molecular flexibility index (Phi) is 3.14. The van der Waals surface area contributed by atoms with Gasteiger partial charge in [-0.2, -0.15) is 10.1 Å². The molecule has 2 aromatic carbocycles. The second-order valence-corrected chi connectivity index (χ2v) is 7.14. The van der Waals surface area contributed by atoms with Gasteiger partial charge in [-0.1, -0.05) is 54.6 Å². The maximum atomic E-state index is 12.8. The van der Waals surface area contributed by atoms with Gasteiger partial charge in [-0.25, -0.2) is 0 Å². The molecule has 3 aliphatic carbocycles. The first kappa shape index (κ1) is 14.6. The van der Waals surface area contributed by atoms with Crippen LogP contribution < -0.4 is 0 Å². The summed E-state index contributed by atoms with van der Waals surface area (Å²) in [7, 11) is 0. The monoisotopic (exact) mass is 330 g/mol. The maximum absolute atomic E-state index is 12.8. The maximum Gasteiger partial charge on any atom is 0.254 e. The molecule has 1 heterocycles. The average Bonchev–Trinajstić information content (AvgIpc) is 2.94. The molecule has 2 amide bonds. The minimum atomic E-state index is -0.207. The lowest BCUT2D eigenvalue weighted by Crippen LogP contribution is -2.38. The van der Waals surface area contributed by atoms with Gasteiger partial charge in [-0.3, -0.25) is 9.59 Å². The van der Waals surface area contributed by atoms with Crippen molar-refractivity contribution >= 4 is 28.8 Å². The second kappa shape index (κ2) is 5.38. The third-order valence-corrected chi connectivity index (χ3v) is 5.87. The first-order chi connectivity index (χ1) is 12.2. The van der Waals surface area contributed by atoms with E-state index < -0.39 is 0 Å². The van der Waals surface area contributed by atoms with Gasteiger partial charge in [0.05, 0.1) is 18.1 Å². The van der Waals surface area contributed by atoms with Crippen LogP contribution in [0.15, 0.2) is 59.7 Å². The number of hydrazone groups is 1. The van der Waals surface area contributed by atoms with Gasteiger partial charge in [0.25, 0.3) is 11.8 Å².